The van der Waals surface area contributed by atoms with E-state index in [-0.39, 0.29) is 35.8 Å². The van der Waals surface area contributed by atoms with Gasteiger partial charge in [0, 0.05) is 13.0 Å². The van der Waals surface area contributed by atoms with Crippen molar-refractivity contribution in [3.8, 4) is 0 Å². The molecule has 6 nitrogen and oxygen atoms in total. The predicted molar refractivity (Wildman–Crippen MR) is 87.6 cm³/mol. The van der Waals surface area contributed by atoms with Crippen LogP contribution in [0.1, 0.15) is 36.9 Å². The molecule has 126 valence electrons. The number of hydrogen-bond donors (Lipinski definition) is 2. The lowest BCUT2D eigenvalue weighted by Gasteiger charge is -2.19. The molecule has 0 bridgehead atoms. The lowest BCUT2D eigenvalue weighted by molar-refractivity contribution is -0.123. The molecule has 0 aliphatic carbocycles. The Hall–Kier alpha value is -1.89. The second-order valence-corrected chi connectivity index (χ2v) is 8.26. The van der Waals surface area contributed by atoms with Gasteiger partial charge in [0.1, 0.15) is 0 Å². The van der Waals surface area contributed by atoms with E-state index in [1.165, 1.54) is 6.92 Å². The van der Waals surface area contributed by atoms with Crippen molar-refractivity contribution in [3.63, 3.8) is 0 Å². The van der Waals surface area contributed by atoms with Crippen LogP contribution in [-0.2, 0) is 19.4 Å². The first-order valence-electron chi connectivity index (χ1n) is 7.58. The van der Waals surface area contributed by atoms with E-state index in [9.17, 15) is 18.0 Å². The fourth-order valence-electron chi connectivity index (χ4n) is 2.68. The minimum absolute atomic E-state index is 0.00588. The van der Waals surface area contributed by atoms with E-state index in [1.807, 2.05) is 31.2 Å². The van der Waals surface area contributed by atoms with Gasteiger partial charge in [-0.3, -0.25) is 9.59 Å². The number of rotatable bonds is 5. The normalized spacial score (nSPS) is 20.7. The zero-order chi connectivity index (χ0) is 17.0. The molecule has 2 N–H and O–H groups in total. The summed E-state index contributed by atoms with van der Waals surface area (Å²) in [5.41, 5.74) is 1.94. The molecular weight excluding hydrogens is 316 g/mol. The van der Waals surface area contributed by atoms with Crippen molar-refractivity contribution in [2.75, 3.05) is 11.5 Å². The standard InChI is InChI=1S/C16H22N2O4S/c1-11-3-5-13(6-4-11)15(17-12(2)19)9-16(20)18-14-7-8-23(21,22)10-14/h3-6,14-15H,7-10H2,1-2H3,(H,17,19)(H,18,20)/t14-,15-/m0/s1. The van der Waals surface area contributed by atoms with Crippen molar-refractivity contribution in [1.29, 1.82) is 0 Å². The van der Waals surface area contributed by atoms with Crippen molar-refractivity contribution < 1.29 is 18.0 Å². The van der Waals surface area contributed by atoms with Gasteiger partial charge in [0.25, 0.3) is 0 Å². The third-order valence-electron chi connectivity index (χ3n) is 3.84. The maximum absolute atomic E-state index is 12.2. The van der Waals surface area contributed by atoms with Gasteiger partial charge in [-0.05, 0) is 18.9 Å². The summed E-state index contributed by atoms with van der Waals surface area (Å²) in [5, 5.41) is 5.52. The van der Waals surface area contributed by atoms with E-state index in [4.69, 9.17) is 0 Å². The summed E-state index contributed by atoms with van der Waals surface area (Å²) in [6.07, 6.45) is 0.530. The Morgan fingerprint density at radius 3 is 2.43 bits per heavy atom. The van der Waals surface area contributed by atoms with Crippen LogP contribution < -0.4 is 10.6 Å². The van der Waals surface area contributed by atoms with Crippen molar-refractivity contribution in [2.45, 2.75) is 38.8 Å². The van der Waals surface area contributed by atoms with Gasteiger partial charge in [-0.25, -0.2) is 8.42 Å². The van der Waals surface area contributed by atoms with Gasteiger partial charge < -0.3 is 10.6 Å². The average Bonchev–Trinajstić information content (AvgIpc) is 2.77. The molecule has 2 rings (SSSR count). The summed E-state index contributed by atoms with van der Waals surface area (Å²) in [6, 6.07) is 6.85. The highest BCUT2D eigenvalue weighted by atomic mass is 32.2. The lowest BCUT2D eigenvalue weighted by atomic mass is 10.0. The molecule has 0 unspecified atom stereocenters. The highest BCUT2D eigenvalue weighted by Gasteiger charge is 2.29. The van der Waals surface area contributed by atoms with Crippen molar-refractivity contribution in [2.24, 2.45) is 0 Å². The van der Waals surface area contributed by atoms with Gasteiger partial charge in [0.2, 0.25) is 11.8 Å². The number of carbonyl (C=O) groups excluding carboxylic acids is 2. The minimum atomic E-state index is -3.03. The highest BCUT2D eigenvalue weighted by Crippen LogP contribution is 2.18. The lowest BCUT2D eigenvalue weighted by Crippen LogP contribution is -2.38. The molecule has 2 amide bonds. The number of hydrogen-bond acceptors (Lipinski definition) is 4. The van der Waals surface area contributed by atoms with E-state index in [2.05, 4.69) is 10.6 Å². The summed E-state index contributed by atoms with van der Waals surface area (Å²) in [6.45, 7) is 3.37. The molecule has 23 heavy (non-hydrogen) atoms. The molecule has 1 aromatic carbocycles. The quantitative estimate of drug-likeness (QED) is 0.833. The van der Waals surface area contributed by atoms with E-state index >= 15 is 0 Å². The van der Waals surface area contributed by atoms with Crippen LogP contribution in [0.15, 0.2) is 24.3 Å². The molecule has 7 heteroatoms. The molecule has 1 saturated heterocycles. The van der Waals surface area contributed by atoms with Crippen molar-refractivity contribution in [3.05, 3.63) is 35.4 Å². The van der Waals surface area contributed by atoms with E-state index < -0.39 is 15.9 Å². The highest BCUT2D eigenvalue weighted by molar-refractivity contribution is 7.91. The number of nitrogens with one attached hydrogen (secondary N) is 2. The van der Waals surface area contributed by atoms with Gasteiger partial charge in [-0.2, -0.15) is 0 Å². The molecule has 0 spiro atoms. The Kier molecular flexibility index (Phi) is 5.41. The fraction of sp³-hybridized carbons (Fsp3) is 0.500. The van der Waals surface area contributed by atoms with Crippen LogP contribution in [0.2, 0.25) is 0 Å². The average molecular weight is 338 g/mol. The van der Waals surface area contributed by atoms with Crippen LogP contribution in [-0.4, -0.2) is 37.8 Å². The minimum Gasteiger partial charge on any atom is -0.352 e. The molecule has 0 aromatic heterocycles. The first kappa shape index (κ1) is 17.5. The Balaban J connectivity index is 2.01. The van der Waals surface area contributed by atoms with Gasteiger partial charge in [-0.15, -0.1) is 0 Å². The molecule has 0 saturated carbocycles. The molecule has 1 aliphatic heterocycles. The van der Waals surface area contributed by atoms with E-state index in [1.54, 1.807) is 0 Å². The zero-order valence-corrected chi connectivity index (χ0v) is 14.2. The van der Waals surface area contributed by atoms with Crippen LogP contribution in [0.25, 0.3) is 0 Å². The number of benzene rings is 1. The first-order chi connectivity index (χ1) is 10.7. The maximum Gasteiger partial charge on any atom is 0.222 e. The molecular formula is C16H22N2O4S. The number of amides is 2. The predicted octanol–water partition coefficient (Wildman–Crippen LogP) is 0.866. The summed E-state index contributed by atoms with van der Waals surface area (Å²) >= 11 is 0. The number of sulfone groups is 1. The van der Waals surface area contributed by atoms with Crippen LogP contribution in [0.3, 0.4) is 0 Å². The smallest absolute Gasteiger partial charge is 0.222 e. The molecule has 0 radical (unpaired) electrons. The Bertz CT molecular complexity index is 683. The zero-order valence-electron chi connectivity index (χ0n) is 13.3. The topological polar surface area (TPSA) is 92.3 Å². The first-order valence-corrected chi connectivity index (χ1v) is 9.41. The summed E-state index contributed by atoms with van der Waals surface area (Å²) in [5.74, 6) is -0.364. The van der Waals surface area contributed by atoms with Crippen molar-refractivity contribution >= 4 is 21.7 Å². The molecule has 1 aliphatic rings. The van der Waals surface area contributed by atoms with Crippen LogP contribution in [0, 0.1) is 6.92 Å². The summed E-state index contributed by atoms with van der Waals surface area (Å²) in [7, 11) is -3.03. The molecule has 1 fully saturated rings. The Morgan fingerprint density at radius 2 is 1.91 bits per heavy atom. The third kappa shape index (κ3) is 5.35. The summed E-state index contributed by atoms with van der Waals surface area (Å²) in [4.78, 5) is 23.6. The fourth-order valence-corrected chi connectivity index (χ4v) is 4.35. The van der Waals surface area contributed by atoms with E-state index in [0.29, 0.717) is 6.42 Å². The molecule has 2 atom stereocenters. The summed E-state index contributed by atoms with van der Waals surface area (Å²) < 4.78 is 22.9. The second kappa shape index (κ2) is 7.12. The largest absolute Gasteiger partial charge is 0.352 e. The maximum atomic E-state index is 12.2. The van der Waals surface area contributed by atoms with Crippen LogP contribution in [0.5, 0.6) is 0 Å². The molecule has 1 aromatic rings. The van der Waals surface area contributed by atoms with Gasteiger partial charge in [-0.1, -0.05) is 29.8 Å². The monoisotopic (exact) mass is 338 g/mol. The van der Waals surface area contributed by atoms with Gasteiger partial charge >= 0.3 is 0 Å². The molecule has 1 heterocycles. The third-order valence-corrected chi connectivity index (χ3v) is 5.61. The number of carbonyl (C=O) groups is 2. The Labute approximate surface area is 136 Å². The van der Waals surface area contributed by atoms with Gasteiger partial charge in [0.15, 0.2) is 9.84 Å². The van der Waals surface area contributed by atoms with Crippen molar-refractivity contribution in [1.82, 2.24) is 10.6 Å². The van der Waals surface area contributed by atoms with E-state index in [0.717, 1.165) is 11.1 Å². The Morgan fingerprint density at radius 1 is 1.26 bits per heavy atom. The second-order valence-electron chi connectivity index (χ2n) is 6.04. The van der Waals surface area contributed by atoms with Crippen LogP contribution >= 0.6 is 0 Å². The van der Waals surface area contributed by atoms with Gasteiger partial charge in [0.05, 0.1) is 24.0 Å². The SMILES string of the molecule is CC(=O)N[C@@H](CC(=O)N[C@H]1CCS(=O)(=O)C1)c1ccc(C)cc1. The number of aryl methyl sites for hydroxylation is 1. The van der Waals surface area contributed by atoms with Crippen LogP contribution in [0.4, 0.5) is 0 Å².